The van der Waals surface area contributed by atoms with Crippen molar-refractivity contribution < 1.29 is 19.1 Å². The van der Waals surface area contributed by atoms with Gasteiger partial charge in [-0.2, -0.15) is 0 Å². The largest absolute Gasteiger partial charge is 0.497 e. The van der Waals surface area contributed by atoms with E-state index in [-0.39, 0.29) is 36.6 Å². The number of fused-ring (bicyclic) bond motifs is 7. The van der Waals surface area contributed by atoms with E-state index in [1.807, 2.05) is 18.2 Å². The molecule has 1 aromatic heterocycles. The van der Waals surface area contributed by atoms with Crippen molar-refractivity contribution in [1.29, 1.82) is 0 Å². The lowest BCUT2D eigenvalue weighted by Crippen LogP contribution is -2.31. The maximum absolute atomic E-state index is 12.3. The van der Waals surface area contributed by atoms with Gasteiger partial charge in [0.2, 0.25) is 11.8 Å². The molecule has 0 radical (unpaired) electrons. The molecule has 0 spiro atoms. The van der Waals surface area contributed by atoms with E-state index < -0.39 is 0 Å². The fourth-order valence-electron chi connectivity index (χ4n) is 5.16. The topological polar surface area (TPSA) is 104 Å². The van der Waals surface area contributed by atoms with Crippen LogP contribution in [0, 0.1) is 0 Å². The Bertz CT molecular complexity index is 1240. The molecule has 0 unspecified atom stereocenters. The van der Waals surface area contributed by atoms with E-state index in [0.29, 0.717) is 19.5 Å². The Morgan fingerprint density at radius 3 is 2.32 bits per heavy atom. The third kappa shape index (κ3) is 4.16. The summed E-state index contributed by atoms with van der Waals surface area (Å²) in [4.78, 5) is 28.2. The lowest BCUT2D eigenvalue weighted by atomic mass is 9.88. The SMILES string of the molecule is COc1ccc2c(c1)[C@H]1CCNC(=O)CCC(=O)NCCc3c([nH]c4ccc(OC)cc34)[C@@H]1N2. The molecule has 5 rings (SSSR count). The average Bonchev–Trinajstić information content (AvgIpc) is 3.39. The Balaban J connectivity index is 1.60. The number of aromatic nitrogens is 1. The molecule has 8 nitrogen and oxygen atoms in total. The molecule has 2 amide bonds. The van der Waals surface area contributed by atoms with Gasteiger partial charge in [-0.3, -0.25) is 9.59 Å². The molecule has 178 valence electrons. The van der Waals surface area contributed by atoms with Gasteiger partial charge in [0, 0.05) is 54.1 Å². The number of hydrogen-bond donors (Lipinski definition) is 4. The number of carbonyl (C=O) groups is 2. The highest BCUT2D eigenvalue weighted by molar-refractivity contribution is 5.87. The molecule has 2 atom stereocenters. The minimum absolute atomic E-state index is 0.00829. The molecule has 2 aromatic carbocycles. The first kappa shape index (κ1) is 22.1. The van der Waals surface area contributed by atoms with Gasteiger partial charge in [0.05, 0.1) is 20.3 Å². The van der Waals surface area contributed by atoms with Crippen molar-refractivity contribution in [3.8, 4) is 11.5 Å². The van der Waals surface area contributed by atoms with E-state index in [1.54, 1.807) is 14.2 Å². The number of aromatic amines is 1. The lowest BCUT2D eigenvalue weighted by molar-refractivity contribution is -0.126. The van der Waals surface area contributed by atoms with Crippen LogP contribution in [0.2, 0.25) is 0 Å². The predicted octanol–water partition coefficient (Wildman–Crippen LogP) is 3.39. The summed E-state index contributed by atoms with van der Waals surface area (Å²) < 4.78 is 11.0. The molecular weight excluding hydrogens is 432 g/mol. The van der Waals surface area contributed by atoms with Gasteiger partial charge >= 0.3 is 0 Å². The van der Waals surface area contributed by atoms with Crippen LogP contribution in [0.15, 0.2) is 36.4 Å². The molecule has 4 N–H and O–H groups in total. The van der Waals surface area contributed by atoms with Gasteiger partial charge in [0.1, 0.15) is 11.5 Å². The van der Waals surface area contributed by atoms with Crippen LogP contribution < -0.4 is 25.4 Å². The van der Waals surface area contributed by atoms with Crippen LogP contribution in [-0.4, -0.2) is 44.1 Å². The summed E-state index contributed by atoms with van der Waals surface area (Å²) in [5.41, 5.74) is 5.55. The summed E-state index contributed by atoms with van der Waals surface area (Å²) in [5, 5.41) is 10.8. The maximum atomic E-state index is 12.3. The molecule has 0 bridgehead atoms. The van der Waals surface area contributed by atoms with Crippen molar-refractivity contribution >= 4 is 28.4 Å². The molecular formula is C26H30N4O4. The van der Waals surface area contributed by atoms with Crippen LogP contribution in [-0.2, 0) is 16.0 Å². The molecule has 0 saturated heterocycles. The molecule has 34 heavy (non-hydrogen) atoms. The Morgan fingerprint density at radius 1 is 0.853 bits per heavy atom. The number of nitrogens with one attached hydrogen (secondary N) is 4. The molecule has 8 heteroatoms. The molecule has 3 aromatic rings. The molecule has 0 fully saturated rings. The van der Waals surface area contributed by atoms with Crippen molar-refractivity contribution in [2.45, 2.75) is 37.6 Å². The quantitative estimate of drug-likeness (QED) is 0.467. The Morgan fingerprint density at radius 2 is 1.56 bits per heavy atom. The first-order valence-corrected chi connectivity index (χ1v) is 11.7. The van der Waals surface area contributed by atoms with Gasteiger partial charge < -0.3 is 30.4 Å². The number of carbonyl (C=O) groups excluding carboxylic acids is 2. The van der Waals surface area contributed by atoms with Crippen LogP contribution in [0.5, 0.6) is 11.5 Å². The number of H-pyrrole nitrogens is 1. The Hall–Kier alpha value is -3.68. The number of rotatable bonds is 2. The van der Waals surface area contributed by atoms with Crippen LogP contribution in [0.1, 0.15) is 48.0 Å². The van der Waals surface area contributed by atoms with E-state index in [9.17, 15) is 9.59 Å². The van der Waals surface area contributed by atoms with Gasteiger partial charge in [0.25, 0.3) is 0 Å². The minimum atomic E-state index is -0.109. The molecule has 0 saturated carbocycles. The van der Waals surface area contributed by atoms with E-state index in [2.05, 4.69) is 39.1 Å². The first-order chi connectivity index (χ1) is 16.6. The number of anilines is 1. The number of ether oxygens (including phenoxy) is 2. The normalized spacial score (nSPS) is 20.8. The van der Waals surface area contributed by atoms with Crippen LogP contribution in [0.3, 0.4) is 0 Å². The third-order valence-corrected chi connectivity index (χ3v) is 6.88. The number of amides is 2. The average molecular weight is 463 g/mol. The summed E-state index contributed by atoms with van der Waals surface area (Å²) in [6.45, 7) is 1.03. The van der Waals surface area contributed by atoms with E-state index in [4.69, 9.17) is 9.47 Å². The van der Waals surface area contributed by atoms with Crippen LogP contribution in [0.25, 0.3) is 10.9 Å². The summed E-state index contributed by atoms with van der Waals surface area (Å²) in [6.07, 6.45) is 1.81. The Labute approximate surface area is 198 Å². The van der Waals surface area contributed by atoms with Gasteiger partial charge in [-0.25, -0.2) is 0 Å². The van der Waals surface area contributed by atoms with Crippen LogP contribution >= 0.6 is 0 Å². The zero-order valence-corrected chi connectivity index (χ0v) is 19.5. The number of methoxy groups -OCH3 is 2. The summed E-state index contributed by atoms with van der Waals surface area (Å²) in [5.74, 6) is 1.54. The van der Waals surface area contributed by atoms with E-state index in [0.717, 1.165) is 45.8 Å². The van der Waals surface area contributed by atoms with Gasteiger partial charge in [-0.15, -0.1) is 0 Å². The summed E-state index contributed by atoms with van der Waals surface area (Å²) >= 11 is 0. The van der Waals surface area contributed by atoms with Crippen molar-refractivity contribution in [2.75, 3.05) is 32.6 Å². The smallest absolute Gasteiger partial charge is 0.220 e. The second-order valence-electron chi connectivity index (χ2n) is 8.85. The van der Waals surface area contributed by atoms with E-state index in [1.165, 1.54) is 5.56 Å². The standard InChI is InChI=1S/C26H30N4O4/c1-33-15-3-5-21-19(13-15)17-9-11-27-23(31)7-8-24(32)28-12-10-18-20-14-16(34-2)4-6-22(20)30-26(18)25(17)29-21/h3-6,13-14,17,25,29-30H,7-12H2,1-2H3,(H,27,31)(H,28,32)/t17-,25-/m1/s1. The molecule has 2 aliphatic heterocycles. The third-order valence-electron chi connectivity index (χ3n) is 6.88. The Kier molecular flexibility index (Phi) is 6.04. The molecule has 0 aliphatic carbocycles. The highest BCUT2D eigenvalue weighted by atomic mass is 16.5. The first-order valence-electron chi connectivity index (χ1n) is 11.7. The van der Waals surface area contributed by atoms with E-state index >= 15 is 0 Å². The van der Waals surface area contributed by atoms with Crippen molar-refractivity contribution in [1.82, 2.24) is 15.6 Å². The number of hydrogen-bond acceptors (Lipinski definition) is 5. The summed E-state index contributed by atoms with van der Waals surface area (Å²) in [7, 11) is 3.34. The van der Waals surface area contributed by atoms with Gasteiger partial charge in [0.15, 0.2) is 0 Å². The fourth-order valence-corrected chi connectivity index (χ4v) is 5.16. The fraction of sp³-hybridized carbons (Fsp3) is 0.385. The second kappa shape index (κ2) is 9.29. The molecule has 2 aliphatic rings. The monoisotopic (exact) mass is 462 g/mol. The van der Waals surface area contributed by atoms with Crippen molar-refractivity contribution in [3.05, 3.63) is 53.2 Å². The summed E-state index contributed by atoms with van der Waals surface area (Å²) in [6, 6.07) is 12.1. The van der Waals surface area contributed by atoms with Crippen molar-refractivity contribution in [2.24, 2.45) is 0 Å². The predicted molar refractivity (Wildman–Crippen MR) is 131 cm³/mol. The van der Waals surface area contributed by atoms with Gasteiger partial charge in [-0.05, 0) is 60.4 Å². The highest BCUT2D eigenvalue weighted by Crippen LogP contribution is 2.48. The zero-order chi connectivity index (χ0) is 23.7. The minimum Gasteiger partial charge on any atom is -0.497 e. The highest BCUT2D eigenvalue weighted by Gasteiger charge is 2.36. The van der Waals surface area contributed by atoms with Crippen molar-refractivity contribution in [3.63, 3.8) is 0 Å². The lowest BCUT2D eigenvalue weighted by Gasteiger charge is -2.22. The molecule has 3 heterocycles. The zero-order valence-electron chi connectivity index (χ0n) is 19.5. The van der Waals surface area contributed by atoms with Crippen LogP contribution in [0.4, 0.5) is 5.69 Å². The number of benzene rings is 2. The second-order valence-corrected chi connectivity index (χ2v) is 8.85. The maximum Gasteiger partial charge on any atom is 0.220 e. The van der Waals surface area contributed by atoms with Gasteiger partial charge in [-0.1, -0.05) is 0 Å².